The minimum atomic E-state index is 0.303. The van der Waals surface area contributed by atoms with Crippen LogP contribution in [-0.4, -0.2) is 41.0 Å². The molecule has 2 rings (SSSR count). The summed E-state index contributed by atoms with van der Waals surface area (Å²) in [4.78, 5) is 10.2. The van der Waals surface area contributed by atoms with Gasteiger partial charge in [-0.2, -0.15) is 0 Å². The number of nitrogens with zero attached hydrogens (tertiary/aromatic N) is 3. The molecule has 16 heavy (non-hydrogen) atoms. The van der Waals surface area contributed by atoms with Gasteiger partial charge in [0.25, 0.3) is 0 Å². The zero-order valence-corrected chi connectivity index (χ0v) is 10.0. The van der Waals surface area contributed by atoms with Crippen LogP contribution in [0.1, 0.15) is 12.8 Å². The van der Waals surface area contributed by atoms with E-state index in [1.807, 2.05) is 0 Å². The molecule has 0 spiro atoms. The van der Waals surface area contributed by atoms with E-state index < -0.39 is 0 Å². The number of halogens is 1. The van der Waals surface area contributed by atoms with Crippen LogP contribution in [0.5, 0.6) is 0 Å². The number of nitrogen functional groups attached to an aromatic ring is 1. The highest BCUT2D eigenvalue weighted by Gasteiger charge is 2.20. The number of hydrogen-bond acceptors (Lipinski definition) is 5. The first-order chi connectivity index (χ1) is 7.68. The van der Waals surface area contributed by atoms with Crippen molar-refractivity contribution in [2.24, 2.45) is 0 Å². The molecule has 1 aromatic heterocycles. The van der Waals surface area contributed by atoms with Crippen LogP contribution in [0.25, 0.3) is 0 Å². The number of aromatic nitrogens is 2. The SMILES string of the molecule is CN1CCCC1CNc1ncnc(Cl)c1N. The molecule has 1 fully saturated rings. The van der Waals surface area contributed by atoms with Crippen LogP contribution in [-0.2, 0) is 0 Å². The van der Waals surface area contributed by atoms with E-state index in [1.165, 1.54) is 19.2 Å². The zero-order valence-electron chi connectivity index (χ0n) is 9.28. The van der Waals surface area contributed by atoms with Crippen LogP contribution in [0.3, 0.4) is 0 Å². The van der Waals surface area contributed by atoms with E-state index in [-0.39, 0.29) is 0 Å². The molecule has 0 bridgehead atoms. The molecule has 1 unspecified atom stereocenters. The molecule has 1 aliphatic rings. The molecule has 1 aromatic rings. The average Bonchev–Trinajstić information content (AvgIpc) is 2.67. The fourth-order valence-corrected chi connectivity index (χ4v) is 2.10. The Morgan fingerprint density at radius 3 is 3.12 bits per heavy atom. The monoisotopic (exact) mass is 241 g/mol. The fourth-order valence-electron chi connectivity index (χ4n) is 1.97. The van der Waals surface area contributed by atoms with Gasteiger partial charge in [-0.1, -0.05) is 11.6 Å². The predicted molar refractivity (Wildman–Crippen MR) is 65.6 cm³/mol. The first-order valence-electron chi connectivity index (χ1n) is 5.38. The predicted octanol–water partition coefficient (Wildman–Crippen LogP) is 1.22. The molecule has 1 saturated heterocycles. The van der Waals surface area contributed by atoms with E-state index in [4.69, 9.17) is 17.3 Å². The average molecular weight is 242 g/mol. The molecule has 3 N–H and O–H groups in total. The van der Waals surface area contributed by atoms with Crippen LogP contribution < -0.4 is 11.1 Å². The quantitative estimate of drug-likeness (QED) is 0.779. The van der Waals surface area contributed by atoms with E-state index in [9.17, 15) is 0 Å². The summed E-state index contributed by atoms with van der Waals surface area (Å²) in [5.74, 6) is 0.625. The molecule has 1 atom stereocenters. The van der Waals surface area contributed by atoms with Crippen molar-refractivity contribution in [3.63, 3.8) is 0 Å². The highest BCUT2D eigenvalue weighted by Crippen LogP contribution is 2.22. The summed E-state index contributed by atoms with van der Waals surface area (Å²) in [7, 11) is 2.13. The maximum Gasteiger partial charge on any atom is 0.157 e. The Labute approximate surface area is 100 Å². The maximum atomic E-state index is 5.81. The van der Waals surface area contributed by atoms with Crippen molar-refractivity contribution in [1.82, 2.24) is 14.9 Å². The Bertz CT molecular complexity index is 370. The molecule has 5 nitrogen and oxygen atoms in total. The highest BCUT2D eigenvalue weighted by atomic mass is 35.5. The molecule has 0 amide bonds. The van der Waals surface area contributed by atoms with Gasteiger partial charge in [0.15, 0.2) is 11.0 Å². The summed E-state index contributed by atoms with van der Waals surface area (Å²) < 4.78 is 0. The van der Waals surface area contributed by atoms with E-state index in [1.54, 1.807) is 0 Å². The van der Waals surface area contributed by atoms with Crippen molar-refractivity contribution in [3.8, 4) is 0 Å². The Balaban J connectivity index is 1.96. The molecule has 0 aliphatic carbocycles. The van der Waals surface area contributed by atoms with Gasteiger partial charge in [-0.3, -0.25) is 0 Å². The number of likely N-dealkylation sites (tertiary alicyclic amines) is 1. The van der Waals surface area contributed by atoms with Gasteiger partial charge >= 0.3 is 0 Å². The molecule has 2 heterocycles. The zero-order chi connectivity index (χ0) is 11.5. The third-order valence-corrected chi connectivity index (χ3v) is 3.31. The van der Waals surface area contributed by atoms with Crippen LogP contribution in [0.15, 0.2) is 6.33 Å². The number of hydrogen-bond donors (Lipinski definition) is 2. The minimum Gasteiger partial charge on any atom is -0.393 e. The maximum absolute atomic E-state index is 5.81. The lowest BCUT2D eigenvalue weighted by molar-refractivity contribution is 0.322. The smallest absolute Gasteiger partial charge is 0.157 e. The lowest BCUT2D eigenvalue weighted by Gasteiger charge is -2.20. The number of nitrogens with two attached hydrogens (primary N) is 1. The standard InChI is InChI=1S/C10H16ClN5/c1-16-4-2-3-7(16)5-13-10-8(12)9(11)14-6-15-10/h6-7H,2-5,12H2,1H3,(H,13,14,15). The second kappa shape index (κ2) is 4.84. The normalized spacial score (nSPS) is 21.2. The third kappa shape index (κ3) is 2.36. The molecule has 6 heteroatoms. The van der Waals surface area contributed by atoms with Gasteiger partial charge in [-0.15, -0.1) is 0 Å². The Morgan fingerprint density at radius 1 is 1.62 bits per heavy atom. The third-order valence-electron chi connectivity index (χ3n) is 3.01. The number of nitrogens with one attached hydrogen (secondary N) is 1. The second-order valence-electron chi connectivity index (χ2n) is 4.08. The molecular formula is C10H16ClN5. The fraction of sp³-hybridized carbons (Fsp3) is 0.600. The Hall–Kier alpha value is -1.07. The van der Waals surface area contributed by atoms with Crippen molar-refractivity contribution >= 4 is 23.1 Å². The number of rotatable bonds is 3. The summed E-state index contributed by atoms with van der Waals surface area (Å²) in [6.07, 6.45) is 3.88. The van der Waals surface area contributed by atoms with Crippen LogP contribution in [0, 0.1) is 0 Å². The van der Waals surface area contributed by atoms with E-state index in [0.29, 0.717) is 22.7 Å². The molecule has 0 aromatic carbocycles. The van der Waals surface area contributed by atoms with Gasteiger partial charge in [0, 0.05) is 12.6 Å². The van der Waals surface area contributed by atoms with Crippen LogP contribution in [0.2, 0.25) is 5.15 Å². The van der Waals surface area contributed by atoms with Gasteiger partial charge in [-0.25, -0.2) is 9.97 Å². The van der Waals surface area contributed by atoms with Gasteiger partial charge < -0.3 is 16.0 Å². The molecule has 1 aliphatic heterocycles. The Kier molecular flexibility index (Phi) is 3.46. The van der Waals surface area contributed by atoms with E-state index in [0.717, 1.165) is 13.1 Å². The van der Waals surface area contributed by atoms with E-state index >= 15 is 0 Å². The first kappa shape index (κ1) is 11.4. The first-order valence-corrected chi connectivity index (χ1v) is 5.76. The Morgan fingerprint density at radius 2 is 2.44 bits per heavy atom. The summed E-state index contributed by atoms with van der Waals surface area (Å²) in [6, 6.07) is 0.549. The molecule has 0 saturated carbocycles. The van der Waals surface area contributed by atoms with Crippen LogP contribution >= 0.6 is 11.6 Å². The summed E-state index contributed by atoms with van der Waals surface area (Å²) in [6.45, 7) is 2.00. The van der Waals surface area contributed by atoms with Crippen molar-refractivity contribution < 1.29 is 0 Å². The second-order valence-corrected chi connectivity index (χ2v) is 4.44. The van der Waals surface area contributed by atoms with Gasteiger partial charge in [0.05, 0.1) is 0 Å². The van der Waals surface area contributed by atoms with Crippen molar-refractivity contribution in [2.45, 2.75) is 18.9 Å². The van der Waals surface area contributed by atoms with Crippen molar-refractivity contribution in [2.75, 3.05) is 31.2 Å². The van der Waals surface area contributed by atoms with Crippen molar-refractivity contribution in [3.05, 3.63) is 11.5 Å². The van der Waals surface area contributed by atoms with Gasteiger partial charge in [0.1, 0.15) is 12.0 Å². The van der Waals surface area contributed by atoms with Crippen molar-refractivity contribution in [1.29, 1.82) is 0 Å². The van der Waals surface area contributed by atoms with Gasteiger partial charge in [0.2, 0.25) is 0 Å². The van der Waals surface area contributed by atoms with Gasteiger partial charge in [-0.05, 0) is 26.4 Å². The van der Waals surface area contributed by atoms with Crippen LogP contribution in [0.4, 0.5) is 11.5 Å². The molecular weight excluding hydrogens is 226 g/mol. The summed E-state index contributed by atoms with van der Waals surface area (Å²) in [5, 5.41) is 3.53. The minimum absolute atomic E-state index is 0.303. The highest BCUT2D eigenvalue weighted by molar-refractivity contribution is 6.32. The topological polar surface area (TPSA) is 67.1 Å². The summed E-state index contributed by atoms with van der Waals surface area (Å²) >= 11 is 5.81. The lowest BCUT2D eigenvalue weighted by Crippen LogP contribution is -2.31. The number of anilines is 2. The molecule has 0 radical (unpaired) electrons. The molecule has 88 valence electrons. The largest absolute Gasteiger partial charge is 0.393 e. The lowest BCUT2D eigenvalue weighted by atomic mass is 10.2. The summed E-state index contributed by atoms with van der Waals surface area (Å²) in [5.41, 5.74) is 6.19. The van der Waals surface area contributed by atoms with E-state index in [2.05, 4.69) is 27.2 Å². The number of likely N-dealkylation sites (N-methyl/N-ethyl adjacent to an activating group) is 1.